The third-order valence-corrected chi connectivity index (χ3v) is 5.33. The molecule has 0 heterocycles. The summed E-state index contributed by atoms with van der Waals surface area (Å²) >= 11 is 0. The number of carbonyl (C=O) groups is 2. The van der Waals surface area contributed by atoms with Crippen molar-refractivity contribution in [2.24, 2.45) is 16.7 Å². The summed E-state index contributed by atoms with van der Waals surface area (Å²) in [4.78, 5) is 21.9. The Labute approximate surface area is 107 Å². The molecule has 0 aromatic carbocycles. The van der Waals surface area contributed by atoms with Crippen LogP contribution >= 0.6 is 0 Å². The highest BCUT2D eigenvalue weighted by Crippen LogP contribution is 2.66. The first-order valence-corrected chi connectivity index (χ1v) is 6.39. The van der Waals surface area contributed by atoms with E-state index in [4.69, 9.17) is 9.84 Å². The average Bonchev–Trinajstić information content (AvgIpc) is 2.59. The number of hydrogen-bond acceptors (Lipinski definition) is 3. The van der Waals surface area contributed by atoms with E-state index in [0.717, 1.165) is 25.0 Å². The number of rotatable bonds is 3. The summed E-state index contributed by atoms with van der Waals surface area (Å²) in [5.41, 5.74) is 0.207. The van der Waals surface area contributed by atoms with Gasteiger partial charge in [0.05, 0.1) is 0 Å². The van der Waals surface area contributed by atoms with E-state index in [1.807, 2.05) is 0 Å². The molecule has 0 unspecified atom stereocenters. The van der Waals surface area contributed by atoms with Crippen molar-refractivity contribution in [1.82, 2.24) is 0 Å². The largest absolute Gasteiger partial charge is 0.478 e. The minimum Gasteiger partial charge on any atom is -0.478 e. The highest BCUT2D eigenvalue weighted by atomic mass is 16.5. The first kappa shape index (κ1) is 13.1. The Hall–Kier alpha value is -1.32. The molecule has 0 aromatic heterocycles. The number of carbonyl (C=O) groups excluding carboxylic acids is 1. The quantitative estimate of drug-likeness (QED) is 0.618. The van der Waals surface area contributed by atoms with Crippen molar-refractivity contribution in [3.63, 3.8) is 0 Å². The van der Waals surface area contributed by atoms with Crippen LogP contribution in [0.5, 0.6) is 0 Å². The Kier molecular flexibility index (Phi) is 2.99. The summed E-state index contributed by atoms with van der Waals surface area (Å²) in [7, 11) is 0. The molecule has 2 aliphatic carbocycles. The fourth-order valence-electron chi connectivity index (χ4n) is 3.63. The van der Waals surface area contributed by atoms with Crippen LogP contribution in [0.15, 0.2) is 12.2 Å². The van der Waals surface area contributed by atoms with Crippen LogP contribution in [-0.4, -0.2) is 23.1 Å². The van der Waals surface area contributed by atoms with Crippen LogP contribution < -0.4 is 0 Å². The Bertz CT molecular complexity index is 410. The molecule has 18 heavy (non-hydrogen) atoms. The molecule has 0 saturated heterocycles. The molecule has 0 amide bonds. The third kappa shape index (κ3) is 1.84. The molecule has 2 fully saturated rings. The van der Waals surface area contributed by atoms with Gasteiger partial charge in [0.15, 0.2) is 0 Å². The van der Waals surface area contributed by atoms with Gasteiger partial charge in [0, 0.05) is 17.6 Å². The number of hydrogen-bond donors (Lipinski definition) is 1. The lowest BCUT2D eigenvalue weighted by Gasteiger charge is -2.38. The predicted molar refractivity (Wildman–Crippen MR) is 65.9 cm³/mol. The first-order valence-electron chi connectivity index (χ1n) is 6.39. The Balaban J connectivity index is 2.05. The summed E-state index contributed by atoms with van der Waals surface area (Å²) < 4.78 is 5.45. The Morgan fingerprint density at radius 3 is 2.39 bits per heavy atom. The van der Waals surface area contributed by atoms with Crippen LogP contribution in [0.1, 0.15) is 40.0 Å². The maximum Gasteiger partial charge on any atom is 0.331 e. The number of ether oxygens (including phenoxy) is 1. The molecule has 2 bridgehead atoms. The zero-order chi connectivity index (χ0) is 13.6. The van der Waals surface area contributed by atoms with E-state index in [0.29, 0.717) is 5.92 Å². The number of esters is 1. The molecule has 1 N–H and O–H groups in total. The van der Waals surface area contributed by atoms with E-state index < -0.39 is 11.9 Å². The third-order valence-electron chi connectivity index (χ3n) is 5.33. The second kappa shape index (κ2) is 4.11. The highest BCUT2D eigenvalue weighted by molar-refractivity contribution is 5.90. The van der Waals surface area contributed by atoms with Crippen LogP contribution in [0.2, 0.25) is 0 Å². The smallest absolute Gasteiger partial charge is 0.331 e. The van der Waals surface area contributed by atoms with Crippen molar-refractivity contribution in [2.75, 3.05) is 0 Å². The predicted octanol–water partition coefficient (Wildman–Crippen LogP) is 2.39. The molecule has 4 heteroatoms. The van der Waals surface area contributed by atoms with Gasteiger partial charge in [0.1, 0.15) is 6.10 Å². The van der Waals surface area contributed by atoms with Gasteiger partial charge in [0.2, 0.25) is 0 Å². The molecular formula is C14H20O4. The van der Waals surface area contributed by atoms with Gasteiger partial charge in [-0.15, -0.1) is 0 Å². The van der Waals surface area contributed by atoms with Gasteiger partial charge in [-0.2, -0.15) is 0 Å². The average molecular weight is 252 g/mol. The normalized spacial score (nSPS) is 37.1. The molecule has 2 rings (SSSR count). The van der Waals surface area contributed by atoms with Crippen LogP contribution in [0.4, 0.5) is 0 Å². The molecule has 100 valence electrons. The minimum atomic E-state index is -1.13. The van der Waals surface area contributed by atoms with Gasteiger partial charge < -0.3 is 9.84 Å². The van der Waals surface area contributed by atoms with Crippen molar-refractivity contribution in [1.29, 1.82) is 0 Å². The van der Waals surface area contributed by atoms with E-state index in [2.05, 4.69) is 20.8 Å². The highest BCUT2D eigenvalue weighted by Gasteiger charge is 2.62. The number of carboxylic acids is 1. The molecule has 4 nitrogen and oxygen atoms in total. The van der Waals surface area contributed by atoms with Crippen LogP contribution in [0.25, 0.3) is 0 Å². The van der Waals surface area contributed by atoms with Crippen molar-refractivity contribution in [2.45, 2.75) is 46.1 Å². The summed E-state index contributed by atoms with van der Waals surface area (Å²) in [5, 5.41) is 8.47. The maximum atomic E-state index is 11.6. The van der Waals surface area contributed by atoms with Gasteiger partial charge in [-0.3, -0.25) is 0 Å². The Morgan fingerprint density at radius 1 is 1.28 bits per heavy atom. The molecule has 0 radical (unpaired) electrons. The van der Waals surface area contributed by atoms with Crippen molar-refractivity contribution in [3.8, 4) is 0 Å². The molecule has 0 aromatic rings. The molecule has 2 saturated carbocycles. The molecular weight excluding hydrogens is 232 g/mol. The van der Waals surface area contributed by atoms with E-state index in [1.54, 1.807) is 0 Å². The van der Waals surface area contributed by atoms with Gasteiger partial charge in [-0.05, 0) is 30.6 Å². The van der Waals surface area contributed by atoms with Crippen molar-refractivity contribution >= 4 is 11.9 Å². The summed E-state index contributed by atoms with van der Waals surface area (Å²) in [6, 6.07) is 0. The lowest BCUT2D eigenvalue weighted by atomic mass is 9.70. The summed E-state index contributed by atoms with van der Waals surface area (Å²) in [5.74, 6) is -1.08. The lowest BCUT2D eigenvalue weighted by Crippen LogP contribution is -2.38. The van der Waals surface area contributed by atoms with Gasteiger partial charge in [-0.25, -0.2) is 9.59 Å². The topological polar surface area (TPSA) is 63.6 Å². The van der Waals surface area contributed by atoms with Gasteiger partial charge >= 0.3 is 11.9 Å². The SMILES string of the molecule is CC1(C)[C@@H]2CC[C@]1(C)[C@H](OC(=O)C=CC(=O)O)C2. The van der Waals surface area contributed by atoms with Crippen LogP contribution in [-0.2, 0) is 14.3 Å². The molecule has 2 aliphatic rings. The fourth-order valence-corrected chi connectivity index (χ4v) is 3.63. The molecule has 0 spiro atoms. The van der Waals surface area contributed by atoms with E-state index in [9.17, 15) is 9.59 Å². The van der Waals surface area contributed by atoms with E-state index in [-0.39, 0.29) is 16.9 Å². The summed E-state index contributed by atoms with van der Waals surface area (Å²) in [6.45, 7) is 6.66. The minimum absolute atomic E-state index is 0.0182. The standard InChI is InChI=1S/C14H20O4/c1-13(2)9-6-7-14(13,3)10(8-9)18-12(17)5-4-11(15)16/h4-5,9-10H,6-8H2,1-3H3,(H,15,16)/t9-,10-,14-/m1/s1. The fraction of sp³-hybridized carbons (Fsp3) is 0.714. The second-order valence-corrected chi connectivity index (χ2v) is 6.21. The zero-order valence-electron chi connectivity index (χ0n) is 11.1. The van der Waals surface area contributed by atoms with Crippen LogP contribution in [0, 0.1) is 16.7 Å². The van der Waals surface area contributed by atoms with E-state index >= 15 is 0 Å². The number of fused-ring (bicyclic) bond motifs is 2. The van der Waals surface area contributed by atoms with E-state index in [1.165, 1.54) is 6.42 Å². The van der Waals surface area contributed by atoms with Gasteiger partial charge in [0.25, 0.3) is 0 Å². The maximum absolute atomic E-state index is 11.6. The number of carboxylic acid groups (broad SMARTS) is 1. The lowest BCUT2D eigenvalue weighted by molar-refractivity contribution is -0.151. The monoisotopic (exact) mass is 252 g/mol. The first-order chi connectivity index (χ1) is 8.27. The van der Waals surface area contributed by atoms with Crippen LogP contribution in [0.3, 0.4) is 0 Å². The molecule has 0 aliphatic heterocycles. The Morgan fingerprint density at radius 2 is 1.94 bits per heavy atom. The summed E-state index contributed by atoms with van der Waals surface area (Å²) in [6.07, 6.45) is 4.90. The second-order valence-electron chi connectivity index (χ2n) is 6.21. The van der Waals surface area contributed by atoms with Gasteiger partial charge in [-0.1, -0.05) is 20.8 Å². The van der Waals surface area contributed by atoms with Crippen molar-refractivity contribution in [3.05, 3.63) is 12.2 Å². The number of aliphatic carboxylic acids is 1. The zero-order valence-corrected chi connectivity index (χ0v) is 11.1. The van der Waals surface area contributed by atoms with Crippen molar-refractivity contribution < 1.29 is 19.4 Å². The molecule has 3 atom stereocenters.